The predicted molar refractivity (Wildman–Crippen MR) is 92.1 cm³/mol. The molecule has 3 aromatic rings. The number of rotatable bonds is 5. The number of carbonyl (C=O) groups is 1. The Morgan fingerprint density at radius 3 is 2.70 bits per heavy atom. The van der Waals surface area contributed by atoms with Gasteiger partial charge >= 0.3 is 0 Å². The molecule has 1 N–H and O–H groups in total. The van der Waals surface area contributed by atoms with E-state index in [1.54, 1.807) is 0 Å². The highest BCUT2D eigenvalue weighted by Crippen LogP contribution is 2.24. The Labute approximate surface area is 136 Å². The number of benzene rings is 1. The predicted octanol–water partition coefficient (Wildman–Crippen LogP) is 3.73. The lowest BCUT2D eigenvalue weighted by atomic mass is 10.1. The fourth-order valence-corrected chi connectivity index (χ4v) is 2.66. The maximum Gasteiger partial charge on any atom is 0.220 e. The molecule has 3 rings (SSSR count). The summed E-state index contributed by atoms with van der Waals surface area (Å²) in [6.07, 6.45) is 3.39. The second-order valence-electron chi connectivity index (χ2n) is 5.73. The van der Waals surface area contributed by atoms with Crippen LogP contribution in [0, 0.1) is 6.92 Å². The van der Waals surface area contributed by atoms with Gasteiger partial charge in [-0.2, -0.15) is 0 Å². The third-order valence-corrected chi connectivity index (χ3v) is 3.88. The number of imidazole rings is 1. The van der Waals surface area contributed by atoms with Crippen LogP contribution in [0.2, 0.25) is 0 Å². The lowest BCUT2D eigenvalue weighted by Gasteiger charge is -2.07. The van der Waals surface area contributed by atoms with Crippen molar-refractivity contribution < 1.29 is 4.79 Å². The quantitative estimate of drug-likeness (QED) is 0.781. The van der Waals surface area contributed by atoms with Crippen LogP contribution >= 0.6 is 0 Å². The van der Waals surface area contributed by atoms with E-state index in [1.165, 1.54) is 5.56 Å². The monoisotopic (exact) mass is 307 g/mol. The lowest BCUT2D eigenvalue weighted by Crippen LogP contribution is -2.23. The molecule has 2 aromatic heterocycles. The Morgan fingerprint density at radius 2 is 1.96 bits per heavy atom. The third kappa shape index (κ3) is 3.26. The molecule has 0 aliphatic carbocycles. The lowest BCUT2D eigenvalue weighted by molar-refractivity contribution is -0.121. The first-order valence-electron chi connectivity index (χ1n) is 7.98. The molecule has 0 saturated carbocycles. The summed E-state index contributed by atoms with van der Waals surface area (Å²) < 4.78 is 2.04. The van der Waals surface area contributed by atoms with Crippen molar-refractivity contribution in [3.63, 3.8) is 0 Å². The van der Waals surface area contributed by atoms with E-state index >= 15 is 0 Å². The maximum absolute atomic E-state index is 11.8. The van der Waals surface area contributed by atoms with E-state index in [0.717, 1.165) is 29.0 Å². The number of fused-ring (bicyclic) bond motifs is 1. The van der Waals surface area contributed by atoms with Crippen LogP contribution in [0.3, 0.4) is 0 Å². The van der Waals surface area contributed by atoms with Crippen molar-refractivity contribution in [1.82, 2.24) is 14.7 Å². The molecule has 23 heavy (non-hydrogen) atoms. The molecular weight excluding hydrogens is 286 g/mol. The summed E-state index contributed by atoms with van der Waals surface area (Å²) in [6.45, 7) is 4.55. The second-order valence-corrected chi connectivity index (χ2v) is 5.73. The summed E-state index contributed by atoms with van der Waals surface area (Å²) in [4.78, 5) is 16.6. The smallest absolute Gasteiger partial charge is 0.220 e. The van der Waals surface area contributed by atoms with E-state index < -0.39 is 0 Å². The summed E-state index contributed by atoms with van der Waals surface area (Å²) in [7, 11) is 0. The minimum Gasteiger partial charge on any atom is -0.350 e. The summed E-state index contributed by atoms with van der Waals surface area (Å²) in [5.41, 5.74) is 5.11. The van der Waals surface area contributed by atoms with Crippen LogP contribution < -0.4 is 5.32 Å². The second kappa shape index (κ2) is 6.65. The number of aryl methyl sites for hydroxylation is 1. The topological polar surface area (TPSA) is 46.4 Å². The molecule has 4 nitrogen and oxygen atoms in total. The third-order valence-electron chi connectivity index (χ3n) is 3.88. The van der Waals surface area contributed by atoms with Crippen molar-refractivity contribution in [3.05, 3.63) is 59.9 Å². The highest BCUT2D eigenvalue weighted by Gasteiger charge is 2.14. The molecule has 0 fully saturated rings. The van der Waals surface area contributed by atoms with Crippen LogP contribution in [0.25, 0.3) is 16.9 Å². The molecule has 0 radical (unpaired) electrons. The molecule has 0 saturated heterocycles. The van der Waals surface area contributed by atoms with Gasteiger partial charge in [0.15, 0.2) is 0 Å². The molecule has 118 valence electrons. The van der Waals surface area contributed by atoms with Gasteiger partial charge in [-0.1, -0.05) is 42.8 Å². The largest absolute Gasteiger partial charge is 0.350 e. The number of aromatic nitrogens is 2. The molecule has 4 heteroatoms. The summed E-state index contributed by atoms with van der Waals surface area (Å²) in [6, 6.07) is 14.3. The minimum atomic E-state index is 0.0771. The van der Waals surface area contributed by atoms with Crippen molar-refractivity contribution in [2.24, 2.45) is 0 Å². The van der Waals surface area contributed by atoms with Crippen molar-refractivity contribution in [1.29, 1.82) is 0 Å². The van der Waals surface area contributed by atoms with Gasteiger partial charge in [0, 0.05) is 18.2 Å². The van der Waals surface area contributed by atoms with Crippen molar-refractivity contribution >= 4 is 11.6 Å². The van der Waals surface area contributed by atoms with Crippen molar-refractivity contribution in [2.75, 3.05) is 0 Å². The summed E-state index contributed by atoms with van der Waals surface area (Å²) >= 11 is 0. The van der Waals surface area contributed by atoms with Crippen LogP contribution in [0.1, 0.15) is 31.0 Å². The number of pyridine rings is 1. The molecule has 0 atom stereocenters. The number of hydrogen-bond donors (Lipinski definition) is 1. The molecule has 0 aliphatic heterocycles. The van der Waals surface area contributed by atoms with Crippen LogP contribution in [0.5, 0.6) is 0 Å². The average Bonchev–Trinajstić information content (AvgIpc) is 2.92. The Bertz CT molecular complexity index is 818. The summed E-state index contributed by atoms with van der Waals surface area (Å²) in [5, 5.41) is 3.00. The van der Waals surface area contributed by atoms with E-state index in [4.69, 9.17) is 4.98 Å². The SMILES string of the molecule is CCCC(=O)NCc1c(-c2ccc(C)cc2)nc2ccccn12. The molecule has 0 aliphatic rings. The van der Waals surface area contributed by atoms with Gasteiger partial charge in [-0.15, -0.1) is 0 Å². The zero-order chi connectivity index (χ0) is 16.2. The van der Waals surface area contributed by atoms with Gasteiger partial charge in [0.1, 0.15) is 5.65 Å². The standard InChI is InChI=1S/C19H21N3O/c1-3-6-18(23)20-13-16-19(15-10-8-14(2)9-11-15)21-17-7-4-5-12-22(16)17/h4-5,7-12H,3,6,13H2,1-2H3,(H,20,23). The van der Waals surface area contributed by atoms with E-state index in [0.29, 0.717) is 13.0 Å². The zero-order valence-electron chi connectivity index (χ0n) is 13.5. The van der Waals surface area contributed by atoms with E-state index in [-0.39, 0.29) is 5.91 Å². The number of hydrogen-bond acceptors (Lipinski definition) is 2. The number of nitrogens with one attached hydrogen (secondary N) is 1. The highest BCUT2D eigenvalue weighted by molar-refractivity contribution is 5.76. The van der Waals surface area contributed by atoms with Gasteiger partial charge in [-0.25, -0.2) is 4.98 Å². The molecule has 0 unspecified atom stereocenters. The van der Waals surface area contributed by atoms with Crippen LogP contribution in [-0.4, -0.2) is 15.3 Å². The highest BCUT2D eigenvalue weighted by atomic mass is 16.1. The molecule has 0 spiro atoms. The van der Waals surface area contributed by atoms with Crippen molar-refractivity contribution in [3.8, 4) is 11.3 Å². The molecule has 2 heterocycles. The first-order chi connectivity index (χ1) is 11.2. The van der Waals surface area contributed by atoms with E-state index in [2.05, 4.69) is 36.5 Å². The maximum atomic E-state index is 11.8. The zero-order valence-corrected chi connectivity index (χ0v) is 13.5. The molecule has 1 amide bonds. The minimum absolute atomic E-state index is 0.0771. The van der Waals surface area contributed by atoms with Gasteiger partial charge < -0.3 is 9.72 Å². The van der Waals surface area contributed by atoms with Crippen molar-refractivity contribution in [2.45, 2.75) is 33.2 Å². The van der Waals surface area contributed by atoms with Crippen LogP contribution in [-0.2, 0) is 11.3 Å². The van der Waals surface area contributed by atoms with E-state index in [1.807, 2.05) is 35.7 Å². The van der Waals surface area contributed by atoms with Crippen LogP contribution in [0.15, 0.2) is 48.7 Å². The normalized spacial score (nSPS) is 10.9. The Morgan fingerprint density at radius 1 is 1.17 bits per heavy atom. The fraction of sp³-hybridized carbons (Fsp3) is 0.263. The number of nitrogens with zero attached hydrogens (tertiary/aromatic N) is 2. The first-order valence-corrected chi connectivity index (χ1v) is 7.98. The Hall–Kier alpha value is -2.62. The fourth-order valence-electron chi connectivity index (χ4n) is 2.66. The molecular formula is C19H21N3O. The Balaban J connectivity index is 2.01. The average molecular weight is 307 g/mol. The van der Waals surface area contributed by atoms with E-state index in [9.17, 15) is 4.79 Å². The summed E-state index contributed by atoms with van der Waals surface area (Å²) in [5.74, 6) is 0.0771. The van der Waals surface area contributed by atoms with Gasteiger partial charge in [-0.05, 0) is 25.5 Å². The van der Waals surface area contributed by atoms with Gasteiger partial charge in [0.25, 0.3) is 0 Å². The van der Waals surface area contributed by atoms with Gasteiger partial charge in [0.05, 0.1) is 17.9 Å². The molecule has 1 aromatic carbocycles. The van der Waals surface area contributed by atoms with Crippen LogP contribution in [0.4, 0.5) is 0 Å². The number of carbonyl (C=O) groups excluding carboxylic acids is 1. The van der Waals surface area contributed by atoms with Gasteiger partial charge in [0.2, 0.25) is 5.91 Å². The molecule has 0 bridgehead atoms. The van der Waals surface area contributed by atoms with Gasteiger partial charge in [-0.3, -0.25) is 4.79 Å². The first kappa shape index (κ1) is 15.3. The Kier molecular flexibility index (Phi) is 4.42. The number of amides is 1.